The Balaban J connectivity index is 1.52. The number of hydrogen-bond acceptors (Lipinski definition) is 3. The van der Waals surface area contributed by atoms with E-state index in [-0.39, 0.29) is 0 Å². The zero-order valence-electron chi connectivity index (χ0n) is 11.9. The molecule has 0 radical (unpaired) electrons. The molecular weight excluding hydrogens is 238 g/mol. The van der Waals surface area contributed by atoms with Crippen molar-refractivity contribution in [2.75, 3.05) is 20.2 Å². The van der Waals surface area contributed by atoms with E-state index < -0.39 is 0 Å². The fraction of sp³-hybridized carbons (Fsp3) is 0.800. The van der Waals surface area contributed by atoms with E-state index in [1.165, 1.54) is 51.5 Å². The summed E-state index contributed by atoms with van der Waals surface area (Å²) in [6.45, 7) is 2.00. The Kier molecular flexibility index (Phi) is 4.06. The van der Waals surface area contributed by atoms with Gasteiger partial charge in [-0.25, -0.2) is 0 Å². The zero-order valence-corrected chi connectivity index (χ0v) is 11.9. The molecule has 2 fully saturated rings. The van der Waals surface area contributed by atoms with Crippen LogP contribution in [0.3, 0.4) is 0 Å². The number of ether oxygens (including phenoxy) is 1. The molecule has 1 atom stereocenters. The van der Waals surface area contributed by atoms with Gasteiger partial charge in [0, 0.05) is 6.04 Å². The van der Waals surface area contributed by atoms with E-state index in [1.54, 1.807) is 0 Å². The second kappa shape index (κ2) is 5.95. The zero-order chi connectivity index (χ0) is 13.1. The molecule has 1 saturated carbocycles. The number of likely N-dealkylation sites (N-methyl/N-ethyl adjacent to an activating group) is 1. The van der Waals surface area contributed by atoms with Crippen LogP contribution in [0, 0.1) is 0 Å². The summed E-state index contributed by atoms with van der Waals surface area (Å²) < 4.78 is 8.02. The molecule has 2 aliphatic rings. The number of rotatable bonds is 4. The Morgan fingerprint density at radius 2 is 2.05 bits per heavy atom. The average molecular weight is 263 g/mol. The predicted molar refractivity (Wildman–Crippen MR) is 75.5 cm³/mol. The van der Waals surface area contributed by atoms with Crippen molar-refractivity contribution in [2.24, 2.45) is 0 Å². The van der Waals surface area contributed by atoms with Crippen molar-refractivity contribution in [3.8, 4) is 5.75 Å². The van der Waals surface area contributed by atoms with Crippen molar-refractivity contribution in [1.82, 2.24) is 14.7 Å². The molecule has 3 rings (SSSR count). The van der Waals surface area contributed by atoms with Crippen LogP contribution in [0.15, 0.2) is 12.4 Å². The molecule has 1 aromatic rings. The summed E-state index contributed by atoms with van der Waals surface area (Å²) in [5.74, 6) is 0.936. The molecule has 4 nitrogen and oxygen atoms in total. The lowest BCUT2D eigenvalue weighted by Gasteiger charge is -2.21. The average Bonchev–Trinajstić information content (AvgIpc) is 3.06. The minimum Gasteiger partial charge on any atom is -0.489 e. The molecule has 1 aromatic heterocycles. The largest absolute Gasteiger partial charge is 0.489 e. The van der Waals surface area contributed by atoms with Crippen LogP contribution in [0.2, 0.25) is 0 Å². The smallest absolute Gasteiger partial charge is 0.157 e. The number of likely N-dealkylation sites (tertiary alicyclic amines) is 1. The van der Waals surface area contributed by atoms with Crippen LogP contribution in [0.25, 0.3) is 0 Å². The second-order valence-electron chi connectivity index (χ2n) is 6.04. The molecule has 2 heterocycles. The minimum atomic E-state index is 0.582. The highest BCUT2D eigenvalue weighted by molar-refractivity contribution is 5.12. The first-order valence-corrected chi connectivity index (χ1v) is 7.70. The van der Waals surface area contributed by atoms with Crippen molar-refractivity contribution in [1.29, 1.82) is 0 Å². The highest BCUT2D eigenvalue weighted by atomic mass is 16.5. The molecule has 4 heteroatoms. The minimum absolute atomic E-state index is 0.582. The quantitative estimate of drug-likeness (QED) is 0.837. The topological polar surface area (TPSA) is 30.3 Å². The summed E-state index contributed by atoms with van der Waals surface area (Å²) in [7, 11) is 2.19. The first kappa shape index (κ1) is 13.0. The molecule has 19 heavy (non-hydrogen) atoms. The SMILES string of the molecule is CN1CCCC1COc1cnn(C2CCCCC2)c1. The summed E-state index contributed by atoms with van der Waals surface area (Å²) in [5.41, 5.74) is 0. The fourth-order valence-electron chi connectivity index (χ4n) is 3.32. The molecule has 0 spiro atoms. The lowest BCUT2D eigenvalue weighted by molar-refractivity contribution is 0.198. The molecule has 0 bridgehead atoms. The van der Waals surface area contributed by atoms with E-state index in [1.807, 2.05) is 6.20 Å². The fourth-order valence-corrected chi connectivity index (χ4v) is 3.32. The maximum atomic E-state index is 5.91. The van der Waals surface area contributed by atoms with Crippen molar-refractivity contribution >= 4 is 0 Å². The summed E-state index contributed by atoms with van der Waals surface area (Å²) in [5, 5.41) is 4.48. The Morgan fingerprint density at radius 1 is 1.21 bits per heavy atom. The third-order valence-corrected chi connectivity index (χ3v) is 4.64. The third-order valence-electron chi connectivity index (χ3n) is 4.64. The predicted octanol–water partition coefficient (Wildman–Crippen LogP) is 2.86. The molecule has 0 N–H and O–H groups in total. The van der Waals surface area contributed by atoms with Crippen molar-refractivity contribution in [3.05, 3.63) is 12.4 Å². The van der Waals surface area contributed by atoms with Crippen LogP contribution in [-0.2, 0) is 0 Å². The van der Waals surface area contributed by atoms with Crippen molar-refractivity contribution in [3.63, 3.8) is 0 Å². The highest BCUT2D eigenvalue weighted by Crippen LogP contribution is 2.28. The van der Waals surface area contributed by atoms with Gasteiger partial charge in [0.25, 0.3) is 0 Å². The first-order chi connectivity index (χ1) is 9.33. The van der Waals surface area contributed by atoms with Gasteiger partial charge in [-0.15, -0.1) is 0 Å². The number of aromatic nitrogens is 2. The van der Waals surface area contributed by atoms with Gasteiger partial charge in [-0.05, 0) is 39.3 Å². The van der Waals surface area contributed by atoms with Gasteiger partial charge in [0.2, 0.25) is 0 Å². The van der Waals surface area contributed by atoms with E-state index in [4.69, 9.17) is 4.74 Å². The summed E-state index contributed by atoms with van der Waals surface area (Å²) in [6.07, 6.45) is 13.1. The van der Waals surface area contributed by atoms with Gasteiger partial charge < -0.3 is 9.64 Å². The summed E-state index contributed by atoms with van der Waals surface area (Å²) in [4.78, 5) is 2.39. The van der Waals surface area contributed by atoms with Gasteiger partial charge in [-0.3, -0.25) is 4.68 Å². The monoisotopic (exact) mass is 263 g/mol. The van der Waals surface area contributed by atoms with Gasteiger partial charge in [-0.2, -0.15) is 5.10 Å². The van der Waals surface area contributed by atoms with Gasteiger partial charge in [-0.1, -0.05) is 19.3 Å². The van der Waals surface area contributed by atoms with Crippen LogP contribution < -0.4 is 4.74 Å². The molecule has 106 valence electrons. The lowest BCUT2D eigenvalue weighted by atomic mass is 9.96. The first-order valence-electron chi connectivity index (χ1n) is 7.70. The lowest BCUT2D eigenvalue weighted by Crippen LogP contribution is -2.30. The molecule has 1 aliphatic carbocycles. The number of hydrogen-bond donors (Lipinski definition) is 0. The Morgan fingerprint density at radius 3 is 2.79 bits per heavy atom. The maximum Gasteiger partial charge on any atom is 0.157 e. The van der Waals surface area contributed by atoms with E-state index >= 15 is 0 Å². The van der Waals surface area contributed by atoms with E-state index in [0.29, 0.717) is 12.1 Å². The molecule has 1 unspecified atom stereocenters. The molecule has 1 saturated heterocycles. The normalized spacial score (nSPS) is 25.8. The molecule has 1 aliphatic heterocycles. The Hall–Kier alpha value is -1.03. The second-order valence-corrected chi connectivity index (χ2v) is 6.04. The van der Waals surface area contributed by atoms with Gasteiger partial charge in [0.15, 0.2) is 5.75 Å². The number of nitrogens with zero attached hydrogens (tertiary/aromatic N) is 3. The van der Waals surface area contributed by atoms with Crippen LogP contribution in [0.4, 0.5) is 0 Å². The Labute approximate surface area is 115 Å². The molecule has 0 amide bonds. The molecular formula is C15H25N3O. The standard InChI is InChI=1S/C15H25N3O/c1-17-9-5-8-14(17)12-19-15-10-16-18(11-15)13-6-3-2-4-7-13/h10-11,13-14H,2-9,12H2,1H3. The van der Waals surface area contributed by atoms with E-state index in [9.17, 15) is 0 Å². The summed E-state index contributed by atoms with van der Waals surface area (Å²) in [6, 6.07) is 1.18. The third kappa shape index (κ3) is 3.11. The van der Waals surface area contributed by atoms with E-state index in [0.717, 1.165) is 12.4 Å². The highest BCUT2D eigenvalue weighted by Gasteiger charge is 2.22. The van der Waals surface area contributed by atoms with Gasteiger partial charge >= 0.3 is 0 Å². The van der Waals surface area contributed by atoms with Crippen LogP contribution in [0.5, 0.6) is 5.75 Å². The Bertz CT molecular complexity index is 398. The van der Waals surface area contributed by atoms with Crippen LogP contribution in [0.1, 0.15) is 51.0 Å². The van der Waals surface area contributed by atoms with Crippen LogP contribution in [-0.4, -0.2) is 40.9 Å². The molecule has 0 aromatic carbocycles. The maximum absolute atomic E-state index is 5.91. The van der Waals surface area contributed by atoms with E-state index in [2.05, 4.69) is 27.9 Å². The van der Waals surface area contributed by atoms with Crippen LogP contribution >= 0.6 is 0 Å². The van der Waals surface area contributed by atoms with Crippen molar-refractivity contribution < 1.29 is 4.74 Å². The van der Waals surface area contributed by atoms with Gasteiger partial charge in [0.1, 0.15) is 6.61 Å². The van der Waals surface area contributed by atoms with Gasteiger partial charge in [0.05, 0.1) is 18.4 Å². The van der Waals surface area contributed by atoms with Crippen molar-refractivity contribution in [2.45, 2.75) is 57.0 Å². The summed E-state index contributed by atoms with van der Waals surface area (Å²) >= 11 is 0.